The minimum absolute atomic E-state index is 0.0855. The van der Waals surface area contributed by atoms with E-state index in [-0.39, 0.29) is 25.7 Å². The normalized spacial score (nSPS) is 9.54. The lowest BCUT2D eigenvalue weighted by Crippen LogP contribution is -2.05. The first-order valence-electron chi connectivity index (χ1n) is 3.89. The van der Waals surface area contributed by atoms with Crippen molar-refractivity contribution in [2.24, 2.45) is 5.92 Å². The Hall–Kier alpha value is -1.57. The number of rotatable bonds is 6. The highest BCUT2D eigenvalue weighted by Crippen LogP contribution is 2.12. The summed E-state index contributed by atoms with van der Waals surface area (Å²) in [6, 6.07) is 1.89. The third-order valence-corrected chi connectivity index (χ3v) is 1.60. The van der Waals surface area contributed by atoms with Gasteiger partial charge in [0.1, 0.15) is 0 Å². The van der Waals surface area contributed by atoms with E-state index in [1.54, 1.807) is 0 Å². The highest BCUT2D eigenvalue weighted by molar-refractivity contribution is 5.67. The zero-order valence-electron chi connectivity index (χ0n) is 7.06. The molecule has 0 saturated heterocycles. The summed E-state index contributed by atoms with van der Waals surface area (Å²) in [4.78, 5) is 20.3. The van der Waals surface area contributed by atoms with Gasteiger partial charge in [-0.05, 0) is 12.8 Å². The molecule has 13 heavy (non-hydrogen) atoms. The van der Waals surface area contributed by atoms with Crippen LogP contribution in [0, 0.1) is 17.2 Å². The molecule has 5 heteroatoms. The lowest BCUT2D eigenvalue weighted by Gasteiger charge is -2.03. The van der Waals surface area contributed by atoms with E-state index in [2.05, 4.69) is 0 Å². The van der Waals surface area contributed by atoms with Crippen molar-refractivity contribution >= 4 is 11.9 Å². The molecule has 0 aliphatic rings. The van der Waals surface area contributed by atoms with Crippen LogP contribution in [0.15, 0.2) is 0 Å². The maximum atomic E-state index is 10.1. The Labute approximate surface area is 75.6 Å². The number of nitrogens with zero attached hydrogens (tertiary/aromatic N) is 1. The van der Waals surface area contributed by atoms with Gasteiger partial charge in [0.15, 0.2) is 0 Å². The van der Waals surface area contributed by atoms with Crippen LogP contribution in [-0.4, -0.2) is 22.2 Å². The van der Waals surface area contributed by atoms with Crippen molar-refractivity contribution < 1.29 is 19.8 Å². The van der Waals surface area contributed by atoms with Crippen molar-refractivity contribution in [3.05, 3.63) is 0 Å². The molecule has 0 aliphatic carbocycles. The Balaban J connectivity index is 3.71. The molecule has 72 valence electrons. The summed E-state index contributed by atoms with van der Waals surface area (Å²) < 4.78 is 0. The Kier molecular flexibility index (Phi) is 5.28. The molecule has 0 aromatic carbocycles. The molecule has 0 aliphatic heterocycles. The van der Waals surface area contributed by atoms with E-state index in [0.29, 0.717) is 0 Å². The molecule has 0 unspecified atom stereocenters. The van der Waals surface area contributed by atoms with Gasteiger partial charge < -0.3 is 10.2 Å². The highest BCUT2D eigenvalue weighted by atomic mass is 16.4. The van der Waals surface area contributed by atoms with E-state index in [1.807, 2.05) is 6.07 Å². The number of carbonyl (C=O) groups is 2. The van der Waals surface area contributed by atoms with Crippen molar-refractivity contribution in [2.45, 2.75) is 25.7 Å². The topological polar surface area (TPSA) is 98.4 Å². The lowest BCUT2D eigenvalue weighted by atomic mass is 9.99. The fourth-order valence-electron chi connectivity index (χ4n) is 0.869. The molecule has 0 heterocycles. The molecule has 5 nitrogen and oxygen atoms in total. The van der Waals surface area contributed by atoms with Gasteiger partial charge in [-0.25, -0.2) is 0 Å². The molecule has 0 aromatic heterocycles. The second kappa shape index (κ2) is 6.00. The van der Waals surface area contributed by atoms with E-state index >= 15 is 0 Å². The van der Waals surface area contributed by atoms with Crippen LogP contribution in [0.1, 0.15) is 25.7 Å². The van der Waals surface area contributed by atoms with Crippen molar-refractivity contribution in [2.75, 3.05) is 0 Å². The predicted molar refractivity (Wildman–Crippen MR) is 42.8 cm³/mol. The Morgan fingerprint density at radius 2 is 1.54 bits per heavy atom. The van der Waals surface area contributed by atoms with Gasteiger partial charge in [0.05, 0.1) is 6.07 Å². The van der Waals surface area contributed by atoms with Gasteiger partial charge in [0.2, 0.25) is 0 Å². The van der Waals surface area contributed by atoms with Crippen molar-refractivity contribution in [1.29, 1.82) is 5.26 Å². The second-order valence-corrected chi connectivity index (χ2v) is 2.69. The summed E-state index contributed by atoms with van der Waals surface area (Å²) in [7, 11) is 0. The lowest BCUT2D eigenvalue weighted by molar-refractivity contribution is -0.137. The van der Waals surface area contributed by atoms with Gasteiger partial charge in [-0.3, -0.25) is 9.59 Å². The first-order chi connectivity index (χ1) is 6.06. The van der Waals surface area contributed by atoms with Crippen LogP contribution in [0.5, 0.6) is 0 Å². The molecular formula is C8H11NO4. The molecule has 0 saturated carbocycles. The van der Waals surface area contributed by atoms with E-state index in [0.717, 1.165) is 0 Å². The molecule has 0 amide bonds. The van der Waals surface area contributed by atoms with Gasteiger partial charge in [-0.15, -0.1) is 0 Å². The van der Waals surface area contributed by atoms with Crippen molar-refractivity contribution in [3.63, 3.8) is 0 Å². The third kappa shape index (κ3) is 6.81. The molecule has 0 fully saturated rings. The van der Waals surface area contributed by atoms with Crippen LogP contribution < -0.4 is 0 Å². The number of nitriles is 1. The zero-order chi connectivity index (χ0) is 10.3. The molecule has 2 N–H and O–H groups in total. The summed E-state index contributed by atoms with van der Waals surface area (Å²) in [6.07, 6.45) is 0.272. The quantitative estimate of drug-likeness (QED) is 0.639. The van der Waals surface area contributed by atoms with Gasteiger partial charge in [-0.1, -0.05) is 0 Å². The van der Waals surface area contributed by atoms with Crippen LogP contribution in [0.2, 0.25) is 0 Å². The molecule has 0 atom stereocenters. The summed E-state index contributed by atoms with van der Waals surface area (Å²) in [6.45, 7) is 0. The van der Waals surface area contributed by atoms with Crippen LogP contribution in [0.3, 0.4) is 0 Å². The maximum Gasteiger partial charge on any atom is 0.303 e. The average molecular weight is 185 g/mol. The minimum Gasteiger partial charge on any atom is -0.481 e. The number of carboxylic acid groups (broad SMARTS) is 2. The summed E-state index contributed by atoms with van der Waals surface area (Å²) in [5.74, 6) is -2.39. The highest BCUT2D eigenvalue weighted by Gasteiger charge is 2.11. The summed E-state index contributed by atoms with van der Waals surface area (Å²) in [5.41, 5.74) is 0. The molecule has 0 rings (SSSR count). The second-order valence-electron chi connectivity index (χ2n) is 2.69. The zero-order valence-corrected chi connectivity index (χ0v) is 7.06. The van der Waals surface area contributed by atoms with Gasteiger partial charge in [0, 0.05) is 18.8 Å². The van der Waals surface area contributed by atoms with E-state index < -0.39 is 17.9 Å². The van der Waals surface area contributed by atoms with Gasteiger partial charge in [0.25, 0.3) is 0 Å². The Bertz CT molecular complexity index is 213. The number of carboxylic acids is 2. The van der Waals surface area contributed by atoms with E-state index in [1.165, 1.54) is 0 Å². The maximum absolute atomic E-state index is 10.1. The number of aliphatic carboxylic acids is 2. The molecule has 0 radical (unpaired) electrons. The predicted octanol–water partition coefficient (Wildman–Crippen LogP) is 0.856. The molecule has 0 bridgehead atoms. The molecule has 0 spiro atoms. The van der Waals surface area contributed by atoms with Crippen LogP contribution >= 0.6 is 0 Å². The van der Waals surface area contributed by atoms with Gasteiger partial charge in [-0.2, -0.15) is 5.26 Å². The summed E-state index contributed by atoms with van der Waals surface area (Å²) in [5, 5.41) is 25.1. The first kappa shape index (κ1) is 11.4. The van der Waals surface area contributed by atoms with Crippen molar-refractivity contribution in [3.8, 4) is 6.07 Å². The summed E-state index contributed by atoms with van der Waals surface area (Å²) >= 11 is 0. The van der Waals surface area contributed by atoms with Crippen LogP contribution in [0.4, 0.5) is 0 Å². The molecular weight excluding hydrogens is 174 g/mol. The fraction of sp³-hybridized carbons (Fsp3) is 0.625. The fourth-order valence-corrected chi connectivity index (χ4v) is 0.869. The standard InChI is InChI=1S/C8H11NO4/c9-5-6(1-3-7(10)11)2-4-8(12)13/h6H,1-4H2,(H,10,11)(H,12,13). The first-order valence-corrected chi connectivity index (χ1v) is 3.89. The van der Waals surface area contributed by atoms with Crippen LogP contribution in [-0.2, 0) is 9.59 Å². The SMILES string of the molecule is N#CC(CCC(=O)O)CCC(=O)O. The minimum atomic E-state index is -0.962. The number of hydrogen-bond donors (Lipinski definition) is 2. The van der Waals surface area contributed by atoms with Crippen LogP contribution in [0.25, 0.3) is 0 Å². The monoisotopic (exact) mass is 185 g/mol. The molecule has 0 aromatic rings. The van der Waals surface area contributed by atoms with E-state index in [4.69, 9.17) is 15.5 Å². The average Bonchev–Trinajstić information content (AvgIpc) is 2.04. The largest absolute Gasteiger partial charge is 0.481 e. The Morgan fingerprint density at radius 3 is 1.77 bits per heavy atom. The van der Waals surface area contributed by atoms with Gasteiger partial charge >= 0.3 is 11.9 Å². The third-order valence-electron chi connectivity index (χ3n) is 1.60. The Morgan fingerprint density at radius 1 is 1.15 bits per heavy atom. The van der Waals surface area contributed by atoms with Crippen molar-refractivity contribution in [1.82, 2.24) is 0 Å². The smallest absolute Gasteiger partial charge is 0.303 e. The van der Waals surface area contributed by atoms with E-state index in [9.17, 15) is 9.59 Å². The number of hydrogen-bond acceptors (Lipinski definition) is 3.